The van der Waals surface area contributed by atoms with Crippen LogP contribution in [0.25, 0.3) is 0 Å². The molecule has 2 aliphatic heterocycles. The number of halogens is 1. The van der Waals surface area contributed by atoms with Crippen molar-refractivity contribution >= 4 is 5.69 Å². The van der Waals surface area contributed by atoms with Gasteiger partial charge in [-0.25, -0.2) is 4.39 Å². The summed E-state index contributed by atoms with van der Waals surface area (Å²) in [4.78, 5) is 4.73. The number of piperazine rings is 1. The van der Waals surface area contributed by atoms with Crippen molar-refractivity contribution in [3.63, 3.8) is 0 Å². The van der Waals surface area contributed by atoms with Gasteiger partial charge in [-0.2, -0.15) is 0 Å². The Kier molecular flexibility index (Phi) is 4.22. The van der Waals surface area contributed by atoms with Gasteiger partial charge >= 0.3 is 0 Å². The molecule has 0 radical (unpaired) electrons. The van der Waals surface area contributed by atoms with Gasteiger partial charge in [0.2, 0.25) is 0 Å². The third-order valence-corrected chi connectivity index (χ3v) is 4.59. The highest BCUT2D eigenvalue weighted by Crippen LogP contribution is 2.34. The van der Waals surface area contributed by atoms with E-state index in [2.05, 4.69) is 28.1 Å². The van der Waals surface area contributed by atoms with E-state index in [1.54, 1.807) is 6.07 Å². The highest BCUT2D eigenvalue weighted by atomic mass is 19.1. The number of hydrogen-bond acceptors (Lipinski definition) is 3. The third-order valence-electron chi connectivity index (χ3n) is 4.59. The van der Waals surface area contributed by atoms with Crippen LogP contribution in [0.5, 0.6) is 0 Å². The number of hydrogen-bond donors (Lipinski definition) is 1. The number of nitrogens with zero attached hydrogens (tertiary/aromatic N) is 2. The summed E-state index contributed by atoms with van der Waals surface area (Å²) >= 11 is 0. The van der Waals surface area contributed by atoms with Gasteiger partial charge in [-0.3, -0.25) is 4.90 Å². The molecule has 0 aliphatic carbocycles. The van der Waals surface area contributed by atoms with Crippen molar-refractivity contribution in [1.29, 1.82) is 0 Å². The molecule has 2 saturated heterocycles. The largest absolute Gasteiger partial charge is 0.371 e. The molecule has 2 heterocycles. The second-order valence-electron chi connectivity index (χ2n) is 5.83. The van der Waals surface area contributed by atoms with E-state index < -0.39 is 0 Å². The Labute approximate surface area is 120 Å². The molecule has 0 saturated carbocycles. The Balaban J connectivity index is 1.89. The average molecular weight is 277 g/mol. The normalized spacial score (nSPS) is 22.2. The number of benzene rings is 1. The lowest BCUT2D eigenvalue weighted by molar-refractivity contribution is 0.182. The van der Waals surface area contributed by atoms with Crippen molar-refractivity contribution in [2.24, 2.45) is 0 Å². The molecule has 1 aromatic carbocycles. The van der Waals surface area contributed by atoms with E-state index in [9.17, 15) is 4.39 Å². The van der Waals surface area contributed by atoms with Crippen LogP contribution in [0.3, 0.4) is 0 Å². The Hall–Kier alpha value is -1.13. The zero-order valence-corrected chi connectivity index (χ0v) is 12.2. The van der Waals surface area contributed by atoms with Crippen molar-refractivity contribution in [3.05, 3.63) is 29.6 Å². The smallest absolute Gasteiger partial charge is 0.130 e. The van der Waals surface area contributed by atoms with E-state index >= 15 is 0 Å². The molecule has 110 valence electrons. The molecule has 1 atom stereocenters. The second kappa shape index (κ2) is 6.10. The number of anilines is 1. The molecule has 2 aliphatic rings. The molecule has 0 aromatic heterocycles. The summed E-state index contributed by atoms with van der Waals surface area (Å²) in [6.07, 6.45) is 2.44. The first-order valence-corrected chi connectivity index (χ1v) is 7.75. The summed E-state index contributed by atoms with van der Waals surface area (Å²) in [5.74, 6) is -0.0552. The Morgan fingerprint density at radius 3 is 2.50 bits per heavy atom. The van der Waals surface area contributed by atoms with E-state index in [1.807, 2.05) is 6.07 Å². The van der Waals surface area contributed by atoms with Crippen molar-refractivity contribution in [3.8, 4) is 0 Å². The SMILES string of the molecule is CC(c1c(F)cccc1N1CCCC1)N1CCNCC1. The summed E-state index contributed by atoms with van der Waals surface area (Å²) in [5, 5.41) is 3.36. The summed E-state index contributed by atoms with van der Waals surface area (Å²) in [6, 6.07) is 5.68. The van der Waals surface area contributed by atoms with Crippen LogP contribution in [0, 0.1) is 5.82 Å². The molecular formula is C16H24FN3. The topological polar surface area (TPSA) is 18.5 Å². The van der Waals surface area contributed by atoms with E-state index in [1.165, 1.54) is 12.8 Å². The summed E-state index contributed by atoms with van der Waals surface area (Å²) < 4.78 is 14.4. The lowest BCUT2D eigenvalue weighted by atomic mass is 10.0. The maximum Gasteiger partial charge on any atom is 0.130 e. The Bertz CT molecular complexity index is 451. The maximum absolute atomic E-state index is 14.4. The third kappa shape index (κ3) is 2.67. The first-order chi connectivity index (χ1) is 9.77. The van der Waals surface area contributed by atoms with Crippen molar-refractivity contribution in [2.75, 3.05) is 44.2 Å². The molecule has 3 nitrogen and oxygen atoms in total. The van der Waals surface area contributed by atoms with Gasteiger partial charge in [0.25, 0.3) is 0 Å². The quantitative estimate of drug-likeness (QED) is 0.915. The van der Waals surface area contributed by atoms with Gasteiger partial charge in [0.1, 0.15) is 5.82 Å². The summed E-state index contributed by atoms with van der Waals surface area (Å²) in [6.45, 7) is 8.25. The van der Waals surface area contributed by atoms with E-state index in [4.69, 9.17) is 0 Å². The molecule has 1 unspecified atom stereocenters. The first-order valence-electron chi connectivity index (χ1n) is 7.75. The minimum atomic E-state index is -0.0552. The fourth-order valence-corrected chi connectivity index (χ4v) is 3.43. The molecule has 20 heavy (non-hydrogen) atoms. The van der Waals surface area contributed by atoms with Crippen molar-refractivity contribution in [1.82, 2.24) is 10.2 Å². The van der Waals surface area contributed by atoms with Gasteiger partial charge in [-0.05, 0) is 31.9 Å². The van der Waals surface area contributed by atoms with Crippen molar-refractivity contribution in [2.45, 2.75) is 25.8 Å². The van der Waals surface area contributed by atoms with Crippen LogP contribution in [0.1, 0.15) is 31.4 Å². The standard InChI is InChI=1S/C16H24FN3/c1-13(19-11-7-18-8-12-19)16-14(17)5-4-6-15(16)20-9-2-3-10-20/h4-6,13,18H,2-3,7-12H2,1H3. The van der Waals surface area contributed by atoms with Gasteiger partial charge in [0.15, 0.2) is 0 Å². The molecule has 0 bridgehead atoms. The second-order valence-corrected chi connectivity index (χ2v) is 5.83. The number of rotatable bonds is 3. The van der Waals surface area contributed by atoms with Gasteiger partial charge < -0.3 is 10.2 Å². The molecule has 4 heteroatoms. The molecular weight excluding hydrogens is 253 g/mol. The lowest BCUT2D eigenvalue weighted by Crippen LogP contribution is -2.44. The van der Waals surface area contributed by atoms with Gasteiger partial charge in [-0.1, -0.05) is 6.07 Å². The molecule has 3 rings (SSSR count). The van der Waals surface area contributed by atoms with Crippen LogP contribution < -0.4 is 10.2 Å². The van der Waals surface area contributed by atoms with Crippen LogP contribution in [0.2, 0.25) is 0 Å². The lowest BCUT2D eigenvalue weighted by Gasteiger charge is -2.35. The molecule has 0 spiro atoms. The predicted molar refractivity (Wildman–Crippen MR) is 80.7 cm³/mol. The Morgan fingerprint density at radius 2 is 1.80 bits per heavy atom. The fourth-order valence-electron chi connectivity index (χ4n) is 3.43. The van der Waals surface area contributed by atoms with E-state index in [0.29, 0.717) is 0 Å². The minimum Gasteiger partial charge on any atom is -0.371 e. The monoisotopic (exact) mass is 277 g/mol. The first kappa shape index (κ1) is 13.8. The van der Waals surface area contributed by atoms with Crippen LogP contribution in [-0.2, 0) is 0 Å². The van der Waals surface area contributed by atoms with Crippen LogP contribution in [0.4, 0.5) is 10.1 Å². The predicted octanol–water partition coefficient (Wildman–Crippen LogP) is 2.39. The zero-order valence-electron chi connectivity index (χ0n) is 12.2. The van der Waals surface area contributed by atoms with Gasteiger partial charge in [0.05, 0.1) is 0 Å². The van der Waals surface area contributed by atoms with Gasteiger partial charge in [-0.15, -0.1) is 0 Å². The summed E-state index contributed by atoms with van der Waals surface area (Å²) in [7, 11) is 0. The van der Waals surface area contributed by atoms with Crippen LogP contribution in [-0.4, -0.2) is 44.2 Å². The average Bonchev–Trinajstić information content (AvgIpc) is 3.01. The Morgan fingerprint density at radius 1 is 1.10 bits per heavy atom. The highest BCUT2D eigenvalue weighted by molar-refractivity contribution is 5.56. The molecule has 1 aromatic rings. The van der Waals surface area contributed by atoms with E-state index in [0.717, 1.165) is 50.5 Å². The van der Waals surface area contributed by atoms with Crippen molar-refractivity contribution < 1.29 is 4.39 Å². The molecule has 1 N–H and O–H groups in total. The minimum absolute atomic E-state index is 0.0552. The van der Waals surface area contributed by atoms with Crippen LogP contribution in [0.15, 0.2) is 18.2 Å². The summed E-state index contributed by atoms with van der Waals surface area (Å²) in [5.41, 5.74) is 1.99. The fraction of sp³-hybridized carbons (Fsp3) is 0.625. The molecule has 2 fully saturated rings. The van der Waals surface area contributed by atoms with Crippen LogP contribution >= 0.6 is 0 Å². The van der Waals surface area contributed by atoms with E-state index in [-0.39, 0.29) is 11.9 Å². The highest BCUT2D eigenvalue weighted by Gasteiger charge is 2.26. The number of nitrogens with one attached hydrogen (secondary N) is 1. The zero-order chi connectivity index (χ0) is 13.9. The van der Waals surface area contributed by atoms with Gasteiger partial charge in [0, 0.05) is 56.6 Å². The maximum atomic E-state index is 14.4. The molecule has 0 amide bonds.